The molecule has 1 fully saturated rings. The van der Waals surface area contributed by atoms with Crippen LogP contribution in [-0.4, -0.2) is 23.6 Å². The first-order chi connectivity index (χ1) is 9.20. The number of nitrogens with zero attached hydrogens (tertiary/aromatic N) is 1. The van der Waals surface area contributed by atoms with E-state index in [1.807, 2.05) is 0 Å². The third-order valence-corrected chi connectivity index (χ3v) is 4.47. The van der Waals surface area contributed by atoms with Gasteiger partial charge in [-0.15, -0.1) is 11.3 Å². The van der Waals surface area contributed by atoms with E-state index >= 15 is 0 Å². The zero-order chi connectivity index (χ0) is 13.7. The quantitative estimate of drug-likeness (QED) is 0.837. The summed E-state index contributed by atoms with van der Waals surface area (Å²) >= 11 is 1.47. The van der Waals surface area contributed by atoms with Gasteiger partial charge in [-0.05, 0) is 32.6 Å². The van der Waals surface area contributed by atoms with E-state index in [0.29, 0.717) is 18.3 Å². The Morgan fingerprint density at radius 3 is 2.95 bits per heavy atom. The maximum Gasteiger partial charge on any atom is 0.357 e. The molecule has 0 aliphatic heterocycles. The summed E-state index contributed by atoms with van der Waals surface area (Å²) in [5.41, 5.74) is 0.408. The van der Waals surface area contributed by atoms with Crippen LogP contribution in [-0.2, 0) is 4.74 Å². The van der Waals surface area contributed by atoms with Crippen LogP contribution in [0.15, 0.2) is 5.38 Å². The van der Waals surface area contributed by atoms with Crippen molar-refractivity contribution >= 4 is 22.4 Å². The van der Waals surface area contributed by atoms with E-state index in [0.717, 1.165) is 11.0 Å². The highest BCUT2D eigenvalue weighted by Crippen LogP contribution is 2.28. The van der Waals surface area contributed by atoms with Crippen molar-refractivity contribution in [1.82, 2.24) is 4.98 Å². The number of thiazole rings is 1. The molecule has 0 saturated heterocycles. The number of carbonyl (C=O) groups is 1. The second kappa shape index (κ2) is 6.89. The summed E-state index contributed by atoms with van der Waals surface area (Å²) in [6.45, 7) is 4.40. The fourth-order valence-electron chi connectivity index (χ4n) is 2.59. The summed E-state index contributed by atoms with van der Waals surface area (Å²) in [6, 6.07) is 0.418. The lowest BCUT2D eigenvalue weighted by Crippen LogP contribution is -2.27. The molecule has 19 heavy (non-hydrogen) atoms. The molecule has 5 heteroatoms. The molecule has 1 aromatic rings. The standard InChI is InChI=1S/C14H22N2O2S/c1-3-18-13(17)12-9-19-14(16-12)15-10(2)11-7-5-4-6-8-11/h9-11H,3-8H2,1-2H3,(H,15,16). The van der Waals surface area contributed by atoms with Crippen LogP contribution in [0.3, 0.4) is 0 Å². The number of anilines is 1. The van der Waals surface area contributed by atoms with Gasteiger partial charge in [-0.3, -0.25) is 0 Å². The highest BCUT2D eigenvalue weighted by molar-refractivity contribution is 7.13. The zero-order valence-electron chi connectivity index (χ0n) is 11.6. The Morgan fingerprint density at radius 1 is 1.53 bits per heavy atom. The Hall–Kier alpha value is -1.10. The Balaban J connectivity index is 1.90. The lowest BCUT2D eigenvalue weighted by atomic mass is 9.85. The first kappa shape index (κ1) is 14.3. The van der Waals surface area contributed by atoms with Gasteiger partial charge in [0.05, 0.1) is 6.61 Å². The molecule has 2 rings (SSSR count). The molecular formula is C14H22N2O2S. The van der Waals surface area contributed by atoms with E-state index < -0.39 is 0 Å². The monoisotopic (exact) mass is 282 g/mol. The van der Waals surface area contributed by atoms with Crippen molar-refractivity contribution in [2.24, 2.45) is 5.92 Å². The van der Waals surface area contributed by atoms with Crippen LogP contribution < -0.4 is 5.32 Å². The number of ether oxygens (including phenoxy) is 1. The molecule has 1 aromatic heterocycles. The molecule has 0 amide bonds. The molecule has 0 spiro atoms. The molecule has 1 N–H and O–H groups in total. The van der Waals surface area contributed by atoms with Crippen LogP contribution in [0.4, 0.5) is 5.13 Å². The molecule has 0 aromatic carbocycles. The summed E-state index contributed by atoms with van der Waals surface area (Å²) in [6.07, 6.45) is 6.63. The molecule has 1 aliphatic carbocycles. The summed E-state index contributed by atoms with van der Waals surface area (Å²) in [7, 11) is 0. The largest absolute Gasteiger partial charge is 0.461 e. The SMILES string of the molecule is CCOC(=O)c1csc(NC(C)C2CCCCC2)n1. The normalized spacial score (nSPS) is 18.0. The number of nitrogens with one attached hydrogen (secondary N) is 1. The Morgan fingerprint density at radius 2 is 2.26 bits per heavy atom. The fraction of sp³-hybridized carbons (Fsp3) is 0.714. The smallest absolute Gasteiger partial charge is 0.357 e. The molecule has 4 nitrogen and oxygen atoms in total. The minimum Gasteiger partial charge on any atom is -0.461 e. The van der Waals surface area contributed by atoms with Crippen LogP contribution >= 0.6 is 11.3 Å². The summed E-state index contributed by atoms with van der Waals surface area (Å²) < 4.78 is 4.94. The third-order valence-electron chi connectivity index (χ3n) is 3.70. The van der Waals surface area contributed by atoms with E-state index in [9.17, 15) is 4.79 Å². The molecule has 1 aliphatic rings. The Bertz CT molecular complexity index is 413. The average Bonchev–Trinajstić information content (AvgIpc) is 2.88. The van der Waals surface area contributed by atoms with E-state index in [1.54, 1.807) is 12.3 Å². The average molecular weight is 282 g/mol. The van der Waals surface area contributed by atoms with Crippen molar-refractivity contribution in [1.29, 1.82) is 0 Å². The van der Waals surface area contributed by atoms with Crippen molar-refractivity contribution in [3.8, 4) is 0 Å². The molecule has 1 unspecified atom stereocenters. The van der Waals surface area contributed by atoms with Gasteiger partial charge in [0, 0.05) is 11.4 Å². The minimum absolute atomic E-state index is 0.336. The van der Waals surface area contributed by atoms with E-state index in [2.05, 4.69) is 17.2 Å². The number of aromatic nitrogens is 1. The van der Waals surface area contributed by atoms with Crippen LogP contribution in [0.5, 0.6) is 0 Å². The highest BCUT2D eigenvalue weighted by Gasteiger charge is 2.21. The molecular weight excluding hydrogens is 260 g/mol. The lowest BCUT2D eigenvalue weighted by molar-refractivity contribution is 0.0520. The van der Waals surface area contributed by atoms with Gasteiger partial charge in [0.2, 0.25) is 0 Å². The summed E-state index contributed by atoms with van der Waals surface area (Å²) in [4.78, 5) is 15.8. The number of hydrogen-bond donors (Lipinski definition) is 1. The molecule has 0 radical (unpaired) electrons. The molecule has 106 valence electrons. The second-order valence-electron chi connectivity index (χ2n) is 5.09. The van der Waals surface area contributed by atoms with Gasteiger partial charge >= 0.3 is 5.97 Å². The second-order valence-corrected chi connectivity index (χ2v) is 5.95. The summed E-state index contributed by atoms with van der Waals surface area (Å²) in [5.74, 6) is 0.390. The Labute approximate surface area is 118 Å². The van der Waals surface area contributed by atoms with Gasteiger partial charge < -0.3 is 10.1 Å². The van der Waals surface area contributed by atoms with Crippen molar-refractivity contribution in [2.45, 2.75) is 52.0 Å². The van der Waals surface area contributed by atoms with Crippen LogP contribution in [0.25, 0.3) is 0 Å². The van der Waals surface area contributed by atoms with Gasteiger partial charge in [-0.1, -0.05) is 19.3 Å². The van der Waals surface area contributed by atoms with Crippen LogP contribution in [0.1, 0.15) is 56.4 Å². The predicted molar refractivity (Wildman–Crippen MR) is 77.7 cm³/mol. The molecule has 1 saturated carbocycles. The number of rotatable bonds is 5. The number of carbonyl (C=O) groups excluding carboxylic acids is 1. The number of esters is 1. The van der Waals surface area contributed by atoms with Gasteiger partial charge in [0.1, 0.15) is 0 Å². The number of hydrogen-bond acceptors (Lipinski definition) is 5. The topological polar surface area (TPSA) is 51.2 Å². The molecule has 1 heterocycles. The zero-order valence-corrected chi connectivity index (χ0v) is 12.5. The van der Waals surface area contributed by atoms with Gasteiger partial charge in [-0.25, -0.2) is 9.78 Å². The maximum atomic E-state index is 11.5. The van der Waals surface area contributed by atoms with E-state index in [4.69, 9.17) is 4.74 Å². The fourth-order valence-corrected chi connectivity index (χ4v) is 3.36. The van der Waals surface area contributed by atoms with Gasteiger partial charge in [-0.2, -0.15) is 0 Å². The first-order valence-corrected chi connectivity index (χ1v) is 7.98. The summed E-state index contributed by atoms with van der Waals surface area (Å²) in [5, 5.41) is 6.01. The van der Waals surface area contributed by atoms with Gasteiger partial charge in [0.25, 0.3) is 0 Å². The van der Waals surface area contributed by atoms with Crippen molar-refractivity contribution < 1.29 is 9.53 Å². The minimum atomic E-state index is -0.336. The predicted octanol–water partition coefficient (Wildman–Crippen LogP) is 3.70. The van der Waals surface area contributed by atoms with Crippen LogP contribution in [0.2, 0.25) is 0 Å². The van der Waals surface area contributed by atoms with Crippen LogP contribution in [0, 0.1) is 5.92 Å². The van der Waals surface area contributed by atoms with Crippen molar-refractivity contribution in [3.63, 3.8) is 0 Å². The molecule has 0 bridgehead atoms. The van der Waals surface area contributed by atoms with Crippen molar-refractivity contribution in [3.05, 3.63) is 11.1 Å². The first-order valence-electron chi connectivity index (χ1n) is 7.10. The lowest BCUT2D eigenvalue weighted by Gasteiger charge is -2.28. The Kier molecular flexibility index (Phi) is 5.19. The van der Waals surface area contributed by atoms with Crippen molar-refractivity contribution in [2.75, 3.05) is 11.9 Å². The van der Waals surface area contributed by atoms with E-state index in [-0.39, 0.29) is 5.97 Å². The van der Waals surface area contributed by atoms with Gasteiger partial charge in [0.15, 0.2) is 10.8 Å². The molecule has 1 atom stereocenters. The van der Waals surface area contributed by atoms with E-state index in [1.165, 1.54) is 43.4 Å². The highest BCUT2D eigenvalue weighted by atomic mass is 32.1. The maximum absolute atomic E-state index is 11.5. The third kappa shape index (κ3) is 3.93.